The summed E-state index contributed by atoms with van der Waals surface area (Å²) in [5, 5.41) is 14.1. The monoisotopic (exact) mass is 642 g/mol. The van der Waals surface area contributed by atoms with E-state index in [0.29, 0.717) is 61.1 Å². The van der Waals surface area contributed by atoms with Crippen LogP contribution in [0.4, 0.5) is 32.5 Å². The Bertz CT molecular complexity index is 1930. The van der Waals surface area contributed by atoms with Crippen molar-refractivity contribution in [2.24, 2.45) is 0 Å². The number of nitrogens with one attached hydrogen (secondary N) is 3. The van der Waals surface area contributed by atoms with Crippen LogP contribution in [0.5, 0.6) is 0 Å². The lowest BCUT2D eigenvalue weighted by atomic mass is 9.98. The first-order chi connectivity index (χ1) is 21.9. The summed E-state index contributed by atoms with van der Waals surface area (Å²) in [7, 11) is 2.60. The van der Waals surface area contributed by atoms with Gasteiger partial charge in [-0.2, -0.15) is 0 Å². The number of methoxy groups -OCH3 is 2. The molecule has 0 radical (unpaired) electrons. The lowest BCUT2D eigenvalue weighted by Gasteiger charge is -2.20. The standard InChI is InChI=1S/C34H31ClN4O7/c1-34(2,3)45-33(42)38-28-15-9-21(35)17-27(28)20-8-13-25-29(16-20)46-39-30(25)36-23-12-14-24(31(40)43-4)26(18-23)19-6-10-22(11-7-19)37-32(41)44-5/h6-18H,1-5H3,(H,36,39)(H,37,41)(H,38,42). The molecule has 0 unspecified atom stereocenters. The molecule has 0 saturated heterocycles. The van der Waals surface area contributed by atoms with Gasteiger partial charge in [0, 0.05) is 22.0 Å². The minimum atomic E-state index is -0.660. The van der Waals surface area contributed by atoms with Crippen LogP contribution < -0.4 is 16.0 Å². The van der Waals surface area contributed by atoms with Gasteiger partial charge in [0.2, 0.25) is 0 Å². The van der Waals surface area contributed by atoms with Crippen molar-refractivity contribution < 1.29 is 33.1 Å². The highest BCUT2D eigenvalue weighted by atomic mass is 35.5. The molecule has 0 atom stereocenters. The van der Waals surface area contributed by atoms with Gasteiger partial charge in [0.25, 0.3) is 0 Å². The first kappa shape index (κ1) is 31.9. The maximum absolute atomic E-state index is 12.6. The predicted octanol–water partition coefficient (Wildman–Crippen LogP) is 8.87. The van der Waals surface area contributed by atoms with Crippen LogP contribution in [-0.4, -0.2) is 43.1 Å². The second-order valence-electron chi connectivity index (χ2n) is 11.1. The van der Waals surface area contributed by atoms with Crippen LogP contribution in [0.15, 0.2) is 83.4 Å². The Labute approximate surface area is 269 Å². The van der Waals surface area contributed by atoms with Crippen LogP contribution in [0.25, 0.3) is 33.2 Å². The van der Waals surface area contributed by atoms with E-state index in [1.807, 2.05) is 12.1 Å². The van der Waals surface area contributed by atoms with Crippen molar-refractivity contribution >= 4 is 63.6 Å². The molecular weight excluding hydrogens is 612 g/mol. The number of anilines is 4. The van der Waals surface area contributed by atoms with E-state index < -0.39 is 23.8 Å². The zero-order chi connectivity index (χ0) is 33.0. The molecule has 3 N–H and O–H groups in total. The SMILES string of the molecule is COC(=O)Nc1ccc(-c2cc(Nc3noc4cc(-c5cc(Cl)ccc5NC(=O)OC(C)(C)C)ccc34)ccc2C(=O)OC)cc1. The number of nitrogens with zero attached hydrogens (tertiary/aromatic N) is 1. The fourth-order valence-electron chi connectivity index (χ4n) is 4.66. The van der Waals surface area contributed by atoms with Crippen LogP contribution >= 0.6 is 11.6 Å². The van der Waals surface area contributed by atoms with Crippen LogP contribution in [0.1, 0.15) is 31.1 Å². The number of ether oxygens (including phenoxy) is 3. The number of aromatic nitrogens is 1. The predicted molar refractivity (Wildman–Crippen MR) is 177 cm³/mol. The Kier molecular flexibility index (Phi) is 9.15. The molecule has 236 valence electrons. The molecule has 5 rings (SSSR count). The molecule has 0 spiro atoms. The number of amides is 2. The molecule has 12 heteroatoms. The number of halogens is 1. The summed E-state index contributed by atoms with van der Waals surface area (Å²) in [6, 6.07) is 22.8. The number of hydrogen-bond donors (Lipinski definition) is 3. The number of esters is 1. The lowest BCUT2D eigenvalue weighted by Crippen LogP contribution is -2.27. The van der Waals surface area contributed by atoms with Gasteiger partial charge < -0.3 is 24.1 Å². The summed E-state index contributed by atoms with van der Waals surface area (Å²) < 4.78 is 20.7. The third-order valence-electron chi connectivity index (χ3n) is 6.72. The van der Waals surface area contributed by atoms with E-state index in [0.717, 1.165) is 5.56 Å². The molecule has 2 amide bonds. The van der Waals surface area contributed by atoms with Crippen LogP contribution in [-0.2, 0) is 14.2 Å². The van der Waals surface area contributed by atoms with Gasteiger partial charge >= 0.3 is 18.2 Å². The molecule has 46 heavy (non-hydrogen) atoms. The van der Waals surface area contributed by atoms with E-state index in [9.17, 15) is 14.4 Å². The van der Waals surface area contributed by atoms with Crippen molar-refractivity contribution in [2.75, 3.05) is 30.2 Å². The summed E-state index contributed by atoms with van der Waals surface area (Å²) in [6.45, 7) is 5.37. The zero-order valence-electron chi connectivity index (χ0n) is 25.7. The molecule has 1 aromatic heterocycles. The molecule has 0 saturated carbocycles. The number of fused-ring (bicyclic) bond motifs is 1. The molecule has 0 bridgehead atoms. The highest BCUT2D eigenvalue weighted by Crippen LogP contribution is 2.36. The second kappa shape index (κ2) is 13.2. The fourth-order valence-corrected chi connectivity index (χ4v) is 4.83. The zero-order valence-corrected chi connectivity index (χ0v) is 26.4. The average molecular weight is 643 g/mol. The number of carbonyl (C=O) groups is 3. The average Bonchev–Trinajstić information content (AvgIpc) is 3.42. The summed E-state index contributed by atoms with van der Waals surface area (Å²) >= 11 is 6.31. The van der Waals surface area contributed by atoms with Gasteiger partial charge in [-0.1, -0.05) is 35.0 Å². The number of carbonyl (C=O) groups excluding carboxylic acids is 3. The molecule has 5 aromatic rings. The van der Waals surface area contributed by atoms with Crippen LogP contribution in [0.3, 0.4) is 0 Å². The highest BCUT2D eigenvalue weighted by molar-refractivity contribution is 6.31. The smallest absolute Gasteiger partial charge is 0.412 e. The quantitative estimate of drug-likeness (QED) is 0.117. The first-order valence-corrected chi connectivity index (χ1v) is 14.5. The molecule has 0 aliphatic heterocycles. The first-order valence-electron chi connectivity index (χ1n) is 14.1. The molecule has 1 heterocycles. The maximum atomic E-state index is 12.6. The Morgan fingerprint density at radius 2 is 1.48 bits per heavy atom. The molecule has 0 fully saturated rings. The molecule has 11 nitrogen and oxygen atoms in total. The Hall–Kier alpha value is -5.55. The van der Waals surface area contributed by atoms with Gasteiger partial charge in [-0.05, 0) is 98.1 Å². The van der Waals surface area contributed by atoms with E-state index in [-0.39, 0.29) is 0 Å². The van der Waals surface area contributed by atoms with Crippen molar-refractivity contribution in [3.05, 3.63) is 89.4 Å². The van der Waals surface area contributed by atoms with Crippen molar-refractivity contribution in [3.8, 4) is 22.3 Å². The van der Waals surface area contributed by atoms with Crippen molar-refractivity contribution in [2.45, 2.75) is 26.4 Å². The maximum Gasteiger partial charge on any atom is 0.412 e. The van der Waals surface area contributed by atoms with Crippen LogP contribution in [0.2, 0.25) is 5.02 Å². The van der Waals surface area contributed by atoms with E-state index in [4.69, 9.17) is 25.6 Å². The third-order valence-corrected chi connectivity index (χ3v) is 6.95. The molecule has 0 aliphatic rings. The number of rotatable bonds is 7. The summed E-state index contributed by atoms with van der Waals surface area (Å²) in [5.74, 6) is -0.0478. The Morgan fingerprint density at radius 3 is 2.17 bits per heavy atom. The number of hydrogen-bond acceptors (Lipinski definition) is 9. The molecular formula is C34H31ClN4O7. The topological polar surface area (TPSA) is 141 Å². The molecule has 0 aliphatic carbocycles. The largest absolute Gasteiger partial charge is 0.465 e. The van der Waals surface area contributed by atoms with Gasteiger partial charge in [-0.25, -0.2) is 14.4 Å². The van der Waals surface area contributed by atoms with Gasteiger partial charge in [-0.3, -0.25) is 10.6 Å². The minimum Gasteiger partial charge on any atom is -0.465 e. The highest BCUT2D eigenvalue weighted by Gasteiger charge is 2.20. The fraction of sp³-hybridized carbons (Fsp3) is 0.176. The Morgan fingerprint density at radius 1 is 0.761 bits per heavy atom. The van der Waals surface area contributed by atoms with Gasteiger partial charge in [0.1, 0.15) is 5.60 Å². The minimum absolute atomic E-state index is 0.355. The van der Waals surface area contributed by atoms with Crippen molar-refractivity contribution in [3.63, 3.8) is 0 Å². The van der Waals surface area contributed by atoms with Gasteiger partial charge in [-0.15, -0.1) is 0 Å². The Balaban J connectivity index is 1.44. The van der Waals surface area contributed by atoms with E-state index in [1.54, 1.807) is 87.5 Å². The summed E-state index contributed by atoms with van der Waals surface area (Å²) in [5.41, 5.74) is 4.59. The van der Waals surface area contributed by atoms with Gasteiger partial charge in [0.05, 0.1) is 30.9 Å². The normalized spacial score (nSPS) is 11.1. The lowest BCUT2D eigenvalue weighted by molar-refractivity contribution is 0.0599. The number of benzene rings is 4. The second-order valence-corrected chi connectivity index (χ2v) is 11.6. The van der Waals surface area contributed by atoms with Crippen molar-refractivity contribution in [1.29, 1.82) is 0 Å². The van der Waals surface area contributed by atoms with E-state index in [2.05, 4.69) is 25.8 Å². The molecule has 4 aromatic carbocycles. The van der Waals surface area contributed by atoms with Crippen molar-refractivity contribution in [1.82, 2.24) is 5.16 Å². The van der Waals surface area contributed by atoms with Crippen LogP contribution in [0, 0.1) is 0 Å². The summed E-state index contributed by atoms with van der Waals surface area (Å²) in [4.78, 5) is 36.7. The third kappa shape index (κ3) is 7.39. The van der Waals surface area contributed by atoms with Gasteiger partial charge in [0.15, 0.2) is 11.4 Å². The van der Waals surface area contributed by atoms with E-state index >= 15 is 0 Å². The summed E-state index contributed by atoms with van der Waals surface area (Å²) in [6.07, 6.45) is -1.18. The van der Waals surface area contributed by atoms with E-state index in [1.165, 1.54) is 14.2 Å².